The minimum atomic E-state index is 0.0409. The Labute approximate surface area is 129 Å². The molecule has 0 bridgehead atoms. The van der Waals surface area contributed by atoms with Gasteiger partial charge in [0.1, 0.15) is 0 Å². The second-order valence-electron chi connectivity index (χ2n) is 5.32. The first kappa shape index (κ1) is 15.3. The highest BCUT2D eigenvalue weighted by Gasteiger charge is 2.26. The lowest BCUT2D eigenvalue weighted by Crippen LogP contribution is -2.45. The van der Waals surface area contributed by atoms with Crippen LogP contribution in [-0.2, 0) is 0 Å². The van der Waals surface area contributed by atoms with Gasteiger partial charge in [0.25, 0.3) is 5.91 Å². The number of likely N-dealkylation sites (tertiary alicyclic amines) is 1. The average Bonchev–Trinajstić information content (AvgIpc) is 2.48. The maximum Gasteiger partial charge on any atom is 0.255 e. The van der Waals surface area contributed by atoms with Gasteiger partial charge >= 0.3 is 0 Å². The molecule has 1 aromatic rings. The number of benzene rings is 1. The van der Waals surface area contributed by atoms with E-state index in [1.807, 2.05) is 18.0 Å². The molecule has 0 aromatic heterocycles. The highest BCUT2D eigenvalue weighted by molar-refractivity contribution is 9.10. The van der Waals surface area contributed by atoms with Crippen LogP contribution >= 0.6 is 15.9 Å². The molecule has 0 spiro atoms. The summed E-state index contributed by atoms with van der Waals surface area (Å²) in [5.41, 5.74) is 7.04. The molecule has 1 amide bonds. The summed E-state index contributed by atoms with van der Waals surface area (Å²) >= 11 is 3.43. The van der Waals surface area contributed by atoms with Gasteiger partial charge < -0.3 is 15.5 Å². The average molecular weight is 340 g/mol. The number of carbonyl (C=O) groups is 1. The summed E-state index contributed by atoms with van der Waals surface area (Å²) in [6.45, 7) is 5.40. The van der Waals surface area contributed by atoms with E-state index >= 15 is 0 Å². The van der Waals surface area contributed by atoms with E-state index in [1.54, 1.807) is 12.1 Å². The van der Waals surface area contributed by atoms with Gasteiger partial charge in [0.2, 0.25) is 0 Å². The third-order valence-electron chi connectivity index (χ3n) is 4.09. The Morgan fingerprint density at radius 3 is 2.70 bits per heavy atom. The summed E-state index contributed by atoms with van der Waals surface area (Å²) in [5.74, 6) is 0.0409. The number of rotatable bonds is 3. The van der Waals surface area contributed by atoms with Gasteiger partial charge in [-0.3, -0.25) is 4.79 Å². The smallest absolute Gasteiger partial charge is 0.255 e. The third-order valence-corrected chi connectivity index (χ3v) is 4.78. The fraction of sp³-hybridized carbons (Fsp3) is 0.533. The SMILES string of the molecule is CCN1CCC(N(C)C(=O)c2cc(N)ccc2Br)CC1. The molecule has 2 N–H and O–H groups in total. The third kappa shape index (κ3) is 3.33. The highest BCUT2D eigenvalue weighted by atomic mass is 79.9. The normalized spacial score (nSPS) is 17.1. The first-order valence-corrected chi connectivity index (χ1v) is 7.86. The first-order chi connectivity index (χ1) is 9.52. The van der Waals surface area contributed by atoms with E-state index in [4.69, 9.17) is 5.73 Å². The molecular weight excluding hydrogens is 318 g/mol. The van der Waals surface area contributed by atoms with E-state index in [0.29, 0.717) is 17.3 Å². The Morgan fingerprint density at radius 2 is 2.10 bits per heavy atom. The number of piperidine rings is 1. The van der Waals surface area contributed by atoms with Crippen molar-refractivity contribution in [3.8, 4) is 0 Å². The van der Waals surface area contributed by atoms with Gasteiger partial charge in [-0.05, 0) is 53.5 Å². The van der Waals surface area contributed by atoms with Crippen LogP contribution in [0.15, 0.2) is 22.7 Å². The number of hydrogen-bond donors (Lipinski definition) is 1. The number of nitrogens with zero attached hydrogens (tertiary/aromatic N) is 2. The van der Waals surface area contributed by atoms with Crippen LogP contribution in [0.4, 0.5) is 5.69 Å². The van der Waals surface area contributed by atoms with Gasteiger partial charge in [0.05, 0.1) is 5.56 Å². The molecule has 1 aliphatic rings. The van der Waals surface area contributed by atoms with Crippen LogP contribution in [0.3, 0.4) is 0 Å². The molecule has 0 unspecified atom stereocenters. The topological polar surface area (TPSA) is 49.6 Å². The summed E-state index contributed by atoms with van der Waals surface area (Å²) in [7, 11) is 1.89. The monoisotopic (exact) mass is 339 g/mol. The van der Waals surface area contributed by atoms with Crippen molar-refractivity contribution in [2.24, 2.45) is 0 Å². The van der Waals surface area contributed by atoms with E-state index in [1.165, 1.54) is 0 Å². The molecule has 1 fully saturated rings. The summed E-state index contributed by atoms with van der Waals surface area (Å²) in [5, 5.41) is 0. The maximum absolute atomic E-state index is 12.6. The zero-order valence-corrected chi connectivity index (χ0v) is 13.7. The van der Waals surface area contributed by atoms with Crippen molar-refractivity contribution >= 4 is 27.5 Å². The van der Waals surface area contributed by atoms with E-state index in [9.17, 15) is 4.79 Å². The molecular formula is C15H22BrN3O. The zero-order chi connectivity index (χ0) is 14.7. The van der Waals surface area contributed by atoms with Crippen molar-refractivity contribution < 1.29 is 4.79 Å². The second-order valence-corrected chi connectivity index (χ2v) is 6.18. The molecule has 0 atom stereocenters. The minimum Gasteiger partial charge on any atom is -0.399 e. The molecule has 1 aliphatic heterocycles. The van der Waals surface area contributed by atoms with Crippen LogP contribution in [0.5, 0.6) is 0 Å². The fourth-order valence-corrected chi connectivity index (χ4v) is 3.10. The Morgan fingerprint density at radius 1 is 1.45 bits per heavy atom. The molecule has 2 rings (SSSR count). The van der Waals surface area contributed by atoms with Crippen LogP contribution < -0.4 is 5.73 Å². The van der Waals surface area contributed by atoms with Gasteiger partial charge in [-0.2, -0.15) is 0 Å². The Balaban J connectivity index is 2.07. The van der Waals surface area contributed by atoms with E-state index in [2.05, 4.69) is 27.8 Å². The molecule has 0 radical (unpaired) electrons. The zero-order valence-electron chi connectivity index (χ0n) is 12.1. The number of carbonyl (C=O) groups excluding carboxylic acids is 1. The van der Waals surface area contributed by atoms with Crippen molar-refractivity contribution in [1.82, 2.24) is 9.80 Å². The van der Waals surface area contributed by atoms with Gasteiger partial charge in [-0.25, -0.2) is 0 Å². The lowest BCUT2D eigenvalue weighted by atomic mass is 10.0. The number of halogens is 1. The summed E-state index contributed by atoms with van der Waals surface area (Å²) in [6.07, 6.45) is 2.08. The quantitative estimate of drug-likeness (QED) is 0.861. The van der Waals surface area contributed by atoms with Crippen molar-refractivity contribution in [2.45, 2.75) is 25.8 Å². The highest BCUT2D eigenvalue weighted by Crippen LogP contribution is 2.23. The summed E-state index contributed by atoms with van der Waals surface area (Å²) < 4.78 is 0.801. The number of anilines is 1. The first-order valence-electron chi connectivity index (χ1n) is 7.07. The van der Waals surface area contributed by atoms with Gasteiger partial charge in [0, 0.05) is 36.3 Å². The lowest BCUT2D eigenvalue weighted by molar-refractivity contribution is 0.0646. The second kappa shape index (κ2) is 6.59. The molecule has 110 valence electrons. The molecule has 5 heteroatoms. The lowest BCUT2D eigenvalue weighted by Gasteiger charge is -2.36. The number of nitrogen functional groups attached to an aromatic ring is 1. The fourth-order valence-electron chi connectivity index (χ4n) is 2.69. The predicted octanol–water partition coefficient (Wildman–Crippen LogP) is 2.59. The molecule has 1 saturated heterocycles. The van der Waals surface area contributed by atoms with Gasteiger partial charge in [-0.15, -0.1) is 0 Å². The van der Waals surface area contributed by atoms with Crippen LogP contribution in [0.25, 0.3) is 0 Å². The van der Waals surface area contributed by atoms with Crippen molar-refractivity contribution in [1.29, 1.82) is 0 Å². The number of hydrogen-bond acceptors (Lipinski definition) is 3. The van der Waals surface area contributed by atoms with Crippen LogP contribution in [0.2, 0.25) is 0 Å². The van der Waals surface area contributed by atoms with Crippen LogP contribution in [0, 0.1) is 0 Å². The number of amides is 1. The predicted molar refractivity (Wildman–Crippen MR) is 85.8 cm³/mol. The Bertz CT molecular complexity index is 484. The molecule has 20 heavy (non-hydrogen) atoms. The van der Waals surface area contributed by atoms with Crippen LogP contribution in [0.1, 0.15) is 30.1 Å². The van der Waals surface area contributed by atoms with Crippen molar-refractivity contribution in [3.05, 3.63) is 28.2 Å². The van der Waals surface area contributed by atoms with Crippen LogP contribution in [-0.4, -0.2) is 48.4 Å². The van der Waals surface area contributed by atoms with Gasteiger partial charge in [0.15, 0.2) is 0 Å². The number of nitrogens with two attached hydrogens (primary N) is 1. The van der Waals surface area contributed by atoms with E-state index < -0.39 is 0 Å². The molecule has 4 nitrogen and oxygen atoms in total. The standard InChI is InChI=1S/C15H22BrN3O/c1-3-19-8-6-12(7-9-19)18(2)15(20)13-10-11(17)4-5-14(13)16/h4-5,10,12H,3,6-9,17H2,1-2H3. The van der Waals surface area contributed by atoms with Gasteiger partial charge in [-0.1, -0.05) is 6.92 Å². The van der Waals surface area contributed by atoms with Crippen molar-refractivity contribution in [2.75, 3.05) is 32.4 Å². The molecule has 1 heterocycles. The summed E-state index contributed by atoms with van der Waals surface area (Å²) in [6, 6.07) is 5.68. The summed E-state index contributed by atoms with van der Waals surface area (Å²) in [4.78, 5) is 16.9. The largest absolute Gasteiger partial charge is 0.399 e. The van der Waals surface area contributed by atoms with E-state index in [-0.39, 0.29) is 5.91 Å². The Kier molecular flexibility index (Phi) is 5.05. The molecule has 0 saturated carbocycles. The minimum absolute atomic E-state index is 0.0409. The Hall–Kier alpha value is -1.07. The van der Waals surface area contributed by atoms with E-state index in [0.717, 1.165) is 36.9 Å². The molecule has 0 aliphatic carbocycles. The maximum atomic E-state index is 12.6. The van der Waals surface area contributed by atoms with Crippen molar-refractivity contribution in [3.63, 3.8) is 0 Å². The molecule has 1 aromatic carbocycles.